The van der Waals surface area contributed by atoms with Crippen molar-refractivity contribution in [1.82, 2.24) is 10.2 Å². The fourth-order valence-corrected chi connectivity index (χ4v) is 6.01. The van der Waals surface area contributed by atoms with Gasteiger partial charge >= 0.3 is 0 Å². The highest BCUT2D eigenvalue weighted by molar-refractivity contribution is 6.15. The quantitative estimate of drug-likeness (QED) is 0.313. The number of hydrogen-bond acceptors (Lipinski definition) is 7. The number of carbonyl (C=O) groups excluding carboxylic acids is 3. The van der Waals surface area contributed by atoms with Gasteiger partial charge in [0.1, 0.15) is 11.3 Å². The number of amides is 3. The largest absolute Gasteiger partial charge is 0.504 e. The average molecular weight is 500 g/mol. The molecule has 0 unspecified atom stereocenters. The maximum absolute atomic E-state index is 13.9. The molecule has 9 heteroatoms. The summed E-state index contributed by atoms with van der Waals surface area (Å²) >= 11 is 0. The minimum absolute atomic E-state index is 0.0841. The van der Waals surface area contributed by atoms with E-state index in [4.69, 9.17) is 4.74 Å². The highest BCUT2D eigenvalue weighted by Gasteiger charge is 2.70. The summed E-state index contributed by atoms with van der Waals surface area (Å²) in [6.45, 7) is 0.0841. The Labute approximate surface area is 212 Å². The first-order valence-electron chi connectivity index (χ1n) is 12.0. The van der Waals surface area contributed by atoms with E-state index in [1.165, 1.54) is 17.0 Å². The number of anilines is 1. The second-order valence-corrected chi connectivity index (χ2v) is 9.70. The van der Waals surface area contributed by atoms with E-state index < -0.39 is 29.3 Å². The van der Waals surface area contributed by atoms with Crippen LogP contribution in [0.15, 0.2) is 66.7 Å². The standard InChI is InChI=1S/C28H25N3O6/c1-37-17-9-6-15(7-10-17)14-31-25(34)23-20(12-16-8-11-21(32)22(33)13-16)30-28(24(23)26(31)35)18-4-2-3-5-19(18)29-27(28)36/h2-11,13,20,23-24,30,32-33H,12,14H2,1H3,(H,29,36)/t20-,23+,24+,28-/m1/s1. The Bertz CT molecular complexity index is 1440. The molecule has 0 radical (unpaired) electrons. The van der Waals surface area contributed by atoms with Gasteiger partial charge < -0.3 is 20.3 Å². The molecule has 2 saturated heterocycles. The summed E-state index contributed by atoms with van der Waals surface area (Å²) < 4.78 is 5.20. The molecule has 3 aliphatic heterocycles. The second kappa shape index (κ2) is 8.35. The number of rotatable bonds is 5. The molecule has 4 N–H and O–H groups in total. The third kappa shape index (κ3) is 3.38. The van der Waals surface area contributed by atoms with Crippen molar-refractivity contribution in [3.8, 4) is 17.2 Å². The van der Waals surface area contributed by atoms with E-state index >= 15 is 0 Å². The maximum Gasteiger partial charge on any atom is 0.250 e. The van der Waals surface area contributed by atoms with E-state index in [0.717, 1.165) is 5.56 Å². The molecule has 1 spiro atoms. The lowest BCUT2D eigenvalue weighted by molar-refractivity contribution is -0.143. The number of para-hydroxylation sites is 1. The van der Waals surface area contributed by atoms with Crippen molar-refractivity contribution in [2.45, 2.75) is 24.5 Å². The van der Waals surface area contributed by atoms with Gasteiger partial charge in [-0.3, -0.25) is 24.6 Å². The third-order valence-electron chi connectivity index (χ3n) is 7.71. The highest BCUT2D eigenvalue weighted by Crippen LogP contribution is 2.53. The number of aromatic hydroxyl groups is 2. The number of phenolic OH excluding ortho intramolecular Hbond substituents is 2. The summed E-state index contributed by atoms with van der Waals surface area (Å²) in [6, 6.07) is 18.2. The van der Waals surface area contributed by atoms with Crippen LogP contribution in [0.3, 0.4) is 0 Å². The first-order valence-corrected chi connectivity index (χ1v) is 12.0. The molecular weight excluding hydrogens is 474 g/mol. The summed E-state index contributed by atoms with van der Waals surface area (Å²) in [5.74, 6) is -2.70. The van der Waals surface area contributed by atoms with E-state index in [-0.39, 0.29) is 36.3 Å². The molecule has 0 bridgehead atoms. The zero-order valence-corrected chi connectivity index (χ0v) is 20.0. The number of imide groups is 1. The van der Waals surface area contributed by atoms with Gasteiger partial charge in [0.2, 0.25) is 17.7 Å². The normalized spacial score (nSPS) is 25.9. The smallest absolute Gasteiger partial charge is 0.250 e. The summed E-state index contributed by atoms with van der Waals surface area (Å²) in [5.41, 5.74) is 1.27. The molecule has 3 aromatic carbocycles. The van der Waals surface area contributed by atoms with Crippen molar-refractivity contribution in [2.24, 2.45) is 11.8 Å². The zero-order valence-electron chi connectivity index (χ0n) is 20.0. The van der Waals surface area contributed by atoms with Crippen molar-refractivity contribution in [3.05, 3.63) is 83.4 Å². The molecule has 4 atom stereocenters. The number of ether oxygens (including phenoxy) is 1. The molecule has 3 amide bonds. The van der Waals surface area contributed by atoms with Gasteiger partial charge in [0, 0.05) is 17.3 Å². The van der Waals surface area contributed by atoms with E-state index in [0.29, 0.717) is 22.6 Å². The molecule has 6 rings (SSSR count). The van der Waals surface area contributed by atoms with Crippen LogP contribution in [0.2, 0.25) is 0 Å². The van der Waals surface area contributed by atoms with E-state index in [1.807, 2.05) is 0 Å². The van der Waals surface area contributed by atoms with Crippen LogP contribution in [0, 0.1) is 11.8 Å². The van der Waals surface area contributed by atoms with Crippen LogP contribution in [0.25, 0.3) is 0 Å². The second-order valence-electron chi connectivity index (χ2n) is 9.70. The number of phenols is 2. The van der Waals surface area contributed by atoms with Gasteiger partial charge in [-0.05, 0) is 47.9 Å². The topological polar surface area (TPSA) is 128 Å². The molecule has 9 nitrogen and oxygen atoms in total. The van der Waals surface area contributed by atoms with Crippen LogP contribution >= 0.6 is 0 Å². The number of nitrogens with one attached hydrogen (secondary N) is 2. The zero-order chi connectivity index (χ0) is 25.9. The number of benzene rings is 3. The number of nitrogens with zero attached hydrogens (tertiary/aromatic N) is 1. The van der Waals surface area contributed by atoms with E-state index in [1.54, 1.807) is 61.7 Å². The number of carbonyl (C=O) groups is 3. The summed E-state index contributed by atoms with van der Waals surface area (Å²) in [6.07, 6.45) is 0.265. The minimum Gasteiger partial charge on any atom is -0.504 e. The van der Waals surface area contributed by atoms with Crippen molar-refractivity contribution >= 4 is 23.4 Å². The Morgan fingerprint density at radius 3 is 2.38 bits per heavy atom. The van der Waals surface area contributed by atoms with Gasteiger partial charge in [-0.1, -0.05) is 36.4 Å². The number of methoxy groups -OCH3 is 1. The molecule has 2 fully saturated rings. The van der Waals surface area contributed by atoms with Gasteiger partial charge in [0.15, 0.2) is 11.5 Å². The Morgan fingerprint density at radius 1 is 0.919 bits per heavy atom. The Kier molecular flexibility index (Phi) is 5.20. The maximum atomic E-state index is 13.9. The first kappa shape index (κ1) is 23.1. The Balaban J connectivity index is 1.41. The highest BCUT2D eigenvalue weighted by atomic mass is 16.5. The predicted octanol–water partition coefficient (Wildman–Crippen LogP) is 2.27. The molecule has 0 aromatic heterocycles. The lowest BCUT2D eigenvalue weighted by atomic mass is 9.76. The molecule has 37 heavy (non-hydrogen) atoms. The van der Waals surface area contributed by atoms with Gasteiger partial charge in [-0.15, -0.1) is 0 Å². The average Bonchev–Trinajstić information content (AvgIpc) is 3.47. The fourth-order valence-electron chi connectivity index (χ4n) is 6.01. The van der Waals surface area contributed by atoms with Crippen LogP contribution in [0.1, 0.15) is 16.7 Å². The number of likely N-dealkylation sites (tertiary alicyclic amines) is 1. The summed E-state index contributed by atoms with van der Waals surface area (Å²) in [5, 5.41) is 26.0. The van der Waals surface area contributed by atoms with Crippen LogP contribution < -0.4 is 15.4 Å². The first-order chi connectivity index (χ1) is 17.8. The Hall–Kier alpha value is -4.37. The van der Waals surface area contributed by atoms with Crippen LogP contribution in [-0.2, 0) is 32.9 Å². The van der Waals surface area contributed by atoms with Crippen LogP contribution in [0.4, 0.5) is 5.69 Å². The molecular formula is C28H25N3O6. The minimum atomic E-state index is -1.40. The van der Waals surface area contributed by atoms with Gasteiger partial charge in [0.25, 0.3) is 0 Å². The monoisotopic (exact) mass is 499 g/mol. The molecule has 3 aliphatic rings. The summed E-state index contributed by atoms with van der Waals surface area (Å²) in [7, 11) is 1.56. The van der Waals surface area contributed by atoms with Crippen molar-refractivity contribution in [1.29, 1.82) is 0 Å². The molecule has 3 aromatic rings. The predicted molar refractivity (Wildman–Crippen MR) is 133 cm³/mol. The van der Waals surface area contributed by atoms with Crippen LogP contribution in [0.5, 0.6) is 17.2 Å². The van der Waals surface area contributed by atoms with E-state index in [2.05, 4.69) is 10.6 Å². The van der Waals surface area contributed by atoms with Crippen molar-refractivity contribution in [3.63, 3.8) is 0 Å². The lowest BCUT2D eigenvalue weighted by Gasteiger charge is -2.29. The molecule has 188 valence electrons. The van der Waals surface area contributed by atoms with Gasteiger partial charge in [-0.2, -0.15) is 0 Å². The third-order valence-corrected chi connectivity index (χ3v) is 7.71. The lowest BCUT2D eigenvalue weighted by Crippen LogP contribution is -2.53. The van der Waals surface area contributed by atoms with E-state index in [9.17, 15) is 24.6 Å². The van der Waals surface area contributed by atoms with Crippen molar-refractivity contribution in [2.75, 3.05) is 12.4 Å². The van der Waals surface area contributed by atoms with Gasteiger partial charge in [-0.25, -0.2) is 0 Å². The Morgan fingerprint density at radius 2 is 1.65 bits per heavy atom. The SMILES string of the molecule is COc1ccc(CN2C(=O)[C@@H]3[C@@H](C2=O)[C@@]2(N[C@@H]3Cc3ccc(O)c(O)c3)C(=O)Nc3ccccc32)cc1. The number of hydrogen-bond donors (Lipinski definition) is 4. The van der Waals surface area contributed by atoms with Crippen LogP contribution in [-0.4, -0.2) is 46.0 Å². The fraction of sp³-hybridized carbons (Fsp3) is 0.250. The van der Waals surface area contributed by atoms with Gasteiger partial charge in [0.05, 0.1) is 25.5 Å². The molecule has 0 aliphatic carbocycles. The number of fused-ring (bicyclic) bond motifs is 4. The molecule has 0 saturated carbocycles. The summed E-state index contributed by atoms with van der Waals surface area (Å²) in [4.78, 5) is 42.5. The molecule has 3 heterocycles. The van der Waals surface area contributed by atoms with Crippen molar-refractivity contribution < 1.29 is 29.3 Å².